The SMILES string of the molecule is O=C(NN1CCCC1)c1nn(-c2ccc(Cl)cc2Cl)c2c1COC/C2=C\c1ccc(Cl)o1. The van der Waals surface area contributed by atoms with Gasteiger partial charge in [-0.1, -0.05) is 23.2 Å². The number of nitrogens with zero attached hydrogens (tertiary/aromatic N) is 3. The molecule has 1 aromatic carbocycles. The van der Waals surface area contributed by atoms with Crippen molar-refractivity contribution in [1.82, 2.24) is 20.2 Å². The summed E-state index contributed by atoms with van der Waals surface area (Å²) < 4.78 is 13.0. The quantitative estimate of drug-likeness (QED) is 0.538. The number of carbonyl (C=O) groups is 1. The number of fused-ring (bicyclic) bond motifs is 1. The summed E-state index contributed by atoms with van der Waals surface area (Å²) in [5, 5.41) is 7.79. The minimum absolute atomic E-state index is 0.250. The van der Waals surface area contributed by atoms with E-state index in [4.69, 9.17) is 44.0 Å². The highest BCUT2D eigenvalue weighted by Crippen LogP contribution is 2.35. The molecular formula is C22H19Cl3N4O3. The molecule has 4 heterocycles. The maximum atomic E-state index is 13.1. The Morgan fingerprint density at radius 2 is 1.91 bits per heavy atom. The molecule has 3 aromatic rings. The van der Waals surface area contributed by atoms with Crippen molar-refractivity contribution in [1.29, 1.82) is 0 Å². The predicted molar refractivity (Wildman–Crippen MR) is 123 cm³/mol. The molecule has 2 aromatic heterocycles. The highest BCUT2D eigenvalue weighted by molar-refractivity contribution is 6.35. The number of benzene rings is 1. The van der Waals surface area contributed by atoms with Gasteiger partial charge in [0.15, 0.2) is 10.9 Å². The van der Waals surface area contributed by atoms with Crippen molar-refractivity contribution in [3.05, 3.63) is 68.3 Å². The average molecular weight is 494 g/mol. The van der Waals surface area contributed by atoms with Crippen LogP contribution in [0.2, 0.25) is 15.3 Å². The molecule has 1 N–H and O–H groups in total. The number of nitrogens with one attached hydrogen (secondary N) is 1. The van der Waals surface area contributed by atoms with Crippen LogP contribution in [-0.2, 0) is 11.3 Å². The second-order valence-electron chi connectivity index (χ2n) is 7.62. The highest BCUT2D eigenvalue weighted by Gasteiger charge is 2.31. The summed E-state index contributed by atoms with van der Waals surface area (Å²) in [6, 6.07) is 8.58. The minimum atomic E-state index is -0.280. The van der Waals surface area contributed by atoms with Gasteiger partial charge in [0.2, 0.25) is 0 Å². The largest absolute Gasteiger partial charge is 0.445 e. The summed E-state index contributed by atoms with van der Waals surface area (Å²) in [5.74, 6) is 0.289. The van der Waals surface area contributed by atoms with Crippen molar-refractivity contribution in [3.63, 3.8) is 0 Å². The van der Waals surface area contributed by atoms with Crippen LogP contribution in [0.5, 0.6) is 0 Å². The first-order valence-electron chi connectivity index (χ1n) is 10.2. The number of ether oxygens (including phenoxy) is 1. The first-order valence-corrected chi connectivity index (χ1v) is 11.3. The Morgan fingerprint density at radius 3 is 2.62 bits per heavy atom. The van der Waals surface area contributed by atoms with Gasteiger partial charge in [0, 0.05) is 29.2 Å². The lowest BCUT2D eigenvalue weighted by Gasteiger charge is -2.19. The molecule has 0 spiro atoms. The van der Waals surface area contributed by atoms with Crippen LogP contribution >= 0.6 is 34.8 Å². The zero-order chi connectivity index (χ0) is 22.2. The van der Waals surface area contributed by atoms with Gasteiger partial charge in [-0.3, -0.25) is 10.2 Å². The van der Waals surface area contributed by atoms with E-state index in [0.29, 0.717) is 39.4 Å². The van der Waals surface area contributed by atoms with Crippen molar-refractivity contribution in [2.75, 3.05) is 19.7 Å². The van der Waals surface area contributed by atoms with Crippen molar-refractivity contribution in [2.24, 2.45) is 0 Å². The summed E-state index contributed by atoms with van der Waals surface area (Å²) in [6.07, 6.45) is 3.93. The Morgan fingerprint density at radius 1 is 1.09 bits per heavy atom. The third kappa shape index (κ3) is 4.19. The lowest BCUT2D eigenvalue weighted by atomic mass is 10.0. The molecule has 0 aliphatic carbocycles. The van der Waals surface area contributed by atoms with Crippen molar-refractivity contribution < 1.29 is 13.9 Å². The number of hydrazine groups is 1. The van der Waals surface area contributed by atoms with E-state index in [9.17, 15) is 4.79 Å². The van der Waals surface area contributed by atoms with E-state index < -0.39 is 0 Å². The van der Waals surface area contributed by atoms with Gasteiger partial charge in [-0.15, -0.1) is 0 Å². The molecule has 32 heavy (non-hydrogen) atoms. The van der Waals surface area contributed by atoms with E-state index >= 15 is 0 Å². The van der Waals surface area contributed by atoms with Crippen LogP contribution in [0.25, 0.3) is 17.3 Å². The topological polar surface area (TPSA) is 72.5 Å². The van der Waals surface area contributed by atoms with Crippen LogP contribution < -0.4 is 5.43 Å². The number of hydrogen-bond donors (Lipinski definition) is 1. The number of rotatable bonds is 4. The number of aromatic nitrogens is 2. The monoisotopic (exact) mass is 492 g/mol. The van der Waals surface area contributed by atoms with Gasteiger partial charge < -0.3 is 9.15 Å². The lowest BCUT2D eigenvalue weighted by molar-refractivity contribution is 0.0813. The van der Waals surface area contributed by atoms with E-state index in [-0.39, 0.29) is 17.7 Å². The fourth-order valence-corrected chi connectivity index (χ4v) is 4.61. The molecule has 10 heteroatoms. The van der Waals surface area contributed by atoms with Gasteiger partial charge in [-0.2, -0.15) is 5.10 Å². The molecule has 1 amide bonds. The predicted octanol–water partition coefficient (Wildman–Crippen LogP) is 5.24. The molecule has 0 unspecified atom stereocenters. The molecule has 0 radical (unpaired) electrons. The molecular weight excluding hydrogens is 475 g/mol. The molecule has 0 bridgehead atoms. The molecule has 2 aliphatic rings. The first kappa shape index (κ1) is 21.6. The number of furan rings is 1. The highest BCUT2D eigenvalue weighted by atomic mass is 35.5. The van der Waals surface area contributed by atoms with Gasteiger partial charge in [0.25, 0.3) is 5.91 Å². The molecule has 5 rings (SSSR count). The van der Waals surface area contributed by atoms with Gasteiger partial charge in [0.05, 0.1) is 29.6 Å². The van der Waals surface area contributed by atoms with E-state index in [1.807, 2.05) is 11.1 Å². The van der Waals surface area contributed by atoms with Gasteiger partial charge >= 0.3 is 0 Å². The summed E-state index contributed by atoms with van der Waals surface area (Å²) in [6.45, 7) is 2.20. The maximum Gasteiger partial charge on any atom is 0.286 e. The third-order valence-electron chi connectivity index (χ3n) is 5.42. The van der Waals surface area contributed by atoms with E-state index in [2.05, 4.69) is 10.5 Å². The molecule has 1 fully saturated rings. The van der Waals surface area contributed by atoms with Gasteiger partial charge in [-0.05, 0) is 60.9 Å². The zero-order valence-electron chi connectivity index (χ0n) is 16.9. The second-order valence-corrected chi connectivity index (χ2v) is 8.84. The minimum Gasteiger partial charge on any atom is -0.445 e. The number of carbonyl (C=O) groups excluding carboxylic acids is 1. The normalized spacial score (nSPS) is 17.7. The van der Waals surface area contributed by atoms with Crippen LogP contribution in [0.15, 0.2) is 34.7 Å². The van der Waals surface area contributed by atoms with Crippen LogP contribution in [0.3, 0.4) is 0 Å². The van der Waals surface area contributed by atoms with Crippen molar-refractivity contribution in [3.8, 4) is 5.69 Å². The average Bonchev–Trinajstić information content (AvgIpc) is 3.49. The van der Waals surface area contributed by atoms with Crippen molar-refractivity contribution in [2.45, 2.75) is 19.4 Å². The molecule has 0 atom stereocenters. The fraction of sp³-hybridized carbons (Fsp3) is 0.273. The molecule has 166 valence electrons. The summed E-state index contributed by atoms with van der Waals surface area (Å²) >= 11 is 18.5. The van der Waals surface area contributed by atoms with Crippen LogP contribution in [0.1, 0.15) is 40.3 Å². The Labute approximate surface area is 199 Å². The maximum absolute atomic E-state index is 13.1. The lowest BCUT2D eigenvalue weighted by Crippen LogP contribution is -2.40. The number of amides is 1. The van der Waals surface area contributed by atoms with Crippen LogP contribution in [0.4, 0.5) is 0 Å². The van der Waals surface area contributed by atoms with E-state index in [1.165, 1.54) is 0 Å². The molecule has 7 nitrogen and oxygen atoms in total. The molecule has 2 aliphatic heterocycles. The summed E-state index contributed by atoms with van der Waals surface area (Å²) in [7, 11) is 0. The Bertz CT molecular complexity index is 1210. The van der Waals surface area contributed by atoms with Crippen LogP contribution in [-0.4, -0.2) is 40.4 Å². The summed E-state index contributed by atoms with van der Waals surface area (Å²) in [4.78, 5) is 13.1. The Balaban J connectivity index is 1.64. The van der Waals surface area contributed by atoms with E-state index in [1.54, 1.807) is 35.0 Å². The number of halogens is 3. The van der Waals surface area contributed by atoms with Gasteiger partial charge in [-0.25, -0.2) is 9.69 Å². The number of hydrogen-bond acceptors (Lipinski definition) is 5. The van der Waals surface area contributed by atoms with Crippen LogP contribution in [0, 0.1) is 0 Å². The Hall–Kier alpha value is -2.29. The zero-order valence-corrected chi connectivity index (χ0v) is 19.2. The van der Waals surface area contributed by atoms with Gasteiger partial charge in [0.1, 0.15) is 5.76 Å². The summed E-state index contributed by atoms with van der Waals surface area (Å²) in [5.41, 5.74) is 6.06. The molecule has 1 saturated heterocycles. The first-order chi connectivity index (χ1) is 15.5. The smallest absolute Gasteiger partial charge is 0.286 e. The molecule has 0 saturated carbocycles. The Kier molecular flexibility index (Phi) is 6.01. The second kappa shape index (κ2) is 8.92. The standard InChI is InChI=1S/C22H19Cl3N4O3/c23-14-3-5-18(17(24)10-14)29-21-13(9-15-4-6-19(25)32-15)11-31-12-16(21)20(26-29)22(30)27-28-7-1-2-8-28/h3-6,9-10H,1-2,7-8,11-12H2,(H,27,30)/b13-9+. The third-order valence-corrected chi connectivity index (χ3v) is 6.16. The van der Waals surface area contributed by atoms with E-state index in [0.717, 1.165) is 37.2 Å². The van der Waals surface area contributed by atoms with Crippen molar-refractivity contribution >= 4 is 52.4 Å². The fourth-order valence-electron chi connectivity index (χ4n) is 3.97.